The number of aromatic nitrogens is 1. The first-order valence-electron chi connectivity index (χ1n) is 3.21. The predicted molar refractivity (Wildman–Crippen MR) is 54.3 cm³/mol. The number of pyridine rings is 1. The maximum atomic E-state index is 10.7. The van der Waals surface area contributed by atoms with Crippen molar-refractivity contribution in [2.45, 2.75) is 6.42 Å². The second-order valence-corrected chi connectivity index (χ2v) is 2.08. The minimum absolute atomic E-state index is 0. The van der Waals surface area contributed by atoms with Gasteiger partial charge in [0.25, 0.3) is 0 Å². The molecule has 0 aliphatic heterocycles. The topological polar surface area (TPSA) is 58.9 Å². The normalized spacial score (nSPS) is 8.08. The summed E-state index contributed by atoms with van der Waals surface area (Å²) in [4.78, 5) is 13.3. The molecule has 12 heavy (non-hydrogen) atoms. The van der Waals surface area contributed by atoms with E-state index in [2.05, 4.69) is 4.98 Å². The van der Waals surface area contributed by atoms with Crippen molar-refractivity contribution in [2.24, 2.45) is 5.73 Å². The van der Waals surface area contributed by atoms with Crippen LogP contribution in [0.3, 0.4) is 0 Å². The van der Waals surface area contributed by atoms with E-state index in [0.717, 1.165) is 12.1 Å². The Morgan fingerprint density at radius 3 is 2.50 bits per heavy atom. The molecule has 0 aliphatic rings. The quantitative estimate of drug-likeness (QED) is 0.757. The van der Waals surface area contributed by atoms with Gasteiger partial charge in [-0.15, -0.1) is 24.8 Å². The Labute approximate surface area is 83.2 Å². The molecule has 0 fully saturated rings. The third kappa shape index (κ3) is 4.38. The molecule has 3 N–H and O–H groups in total. The van der Waals surface area contributed by atoms with E-state index in [1.54, 1.807) is 6.07 Å². The molecular weight excluding hydrogens is 199 g/mol. The van der Waals surface area contributed by atoms with E-state index in [1.165, 1.54) is 6.07 Å². The van der Waals surface area contributed by atoms with Crippen molar-refractivity contribution in [1.29, 1.82) is 0 Å². The van der Waals surface area contributed by atoms with Gasteiger partial charge in [-0.25, -0.2) is 0 Å². The van der Waals surface area contributed by atoms with Gasteiger partial charge in [0.05, 0.1) is 0 Å². The van der Waals surface area contributed by atoms with Gasteiger partial charge in [-0.2, -0.15) is 0 Å². The van der Waals surface area contributed by atoms with Crippen LogP contribution in [0, 0.1) is 0 Å². The number of hydrogen-bond donors (Lipinski definition) is 2. The Balaban J connectivity index is 0. The Bertz CT molecular complexity index is 262. The molecule has 1 aromatic heterocycles. The van der Waals surface area contributed by atoms with Crippen LogP contribution in [-0.4, -0.2) is 11.5 Å². The van der Waals surface area contributed by atoms with Crippen LogP contribution in [-0.2, 0) is 6.42 Å². The number of nitrogens with two attached hydrogens (primary N) is 1. The van der Waals surface area contributed by atoms with Crippen LogP contribution in [0.25, 0.3) is 0 Å². The Kier molecular flexibility index (Phi) is 8.37. The van der Waals surface area contributed by atoms with Crippen molar-refractivity contribution >= 4 is 24.8 Å². The average molecular weight is 211 g/mol. The largest absolute Gasteiger partial charge is 0.330 e. The zero-order valence-electron chi connectivity index (χ0n) is 6.45. The highest BCUT2D eigenvalue weighted by atomic mass is 35.5. The van der Waals surface area contributed by atoms with Crippen LogP contribution in [0.5, 0.6) is 0 Å². The van der Waals surface area contributed by atoms with Gasteiger partial charge in [-0.05, 0) is 19.0 Å². The van der Waals surface area contributed by atoms with Crippen LogP contribution in [0.2, 0.25) is 0 Å². The van der Waals surface area contributed by atoms with E-state index in [1.807, 2.05) is 6.07 Å². The molecule has 0 bridgehead atoms. The lowest BCUT2D eigenvalue weighted by Gasteiger charge is -1.94. The standard InChI is InChI=1S/C7H10N2O.2ClH/c8-5-4-6-2-1-3-7(10)9-6;;/h1-3H,4-5,8H2,(H,9,10);2*1H. The molecule has 5 heteroatoms. The lowest BCUT2D eigenvalue weighted by atomic mass is 10.3. The van der Waals surface area contributed by atoms with E-state index >= 15 is 0 Å². The summed E-state index contributed by atoms with van der Waals surface area (Å²) in [6.07, 6.45) is 0.732. The first kappa shape index (κ1) is 14.0. The molecule has 0 unspecified atom stereocenters. The molecule has 0 spiro atoms. The van der Waals surface area contributed by atoms with Gasteiger partial charge in [0.15, 0.2) is 0 Å². The summed E-state index contributed by atoms with van der Waals surface area (Å²) in [5.41, 5.74) is 6.12. The predicted octanol–water partition coefficient (Wildman–Crippen LogP) is 0.720. The molecule has 0 saturated heterocycles. The van der Waals surface area contributed by atoms with Gasteiger partial charge >= 0.3 is 0 Å². The van der Waals surface area contributed by atoms with Gasteiger partial charge in [0.2, 0.25) is 5.56 Å². The molecule has 0 aromatic carbocycles. The zero-order chi connectivity index (χ0) is 7.40. The van der Waals surface area contributed by atoms with Gasteiger partial charge in [-0.3, -0.25) is 4.79 Å². The highest BCUT2D eigenvalue weighted by Crippen LogP contribution is 1.88. The van der Waals surface area contributed by atoms with Gasteiger partial charge in [0.1, 0.15) is 0 Å². The van der Waals surface area contributed by atoms with Crippen molar-refractivity contribution in [3.8, 4) is 0 Å². The molecule has 0 radical (unpaired) electrons. The molecule has 70 valence electrons. The Morgan fingerprint density at radius 1 is 1.33 bits per heavy atom. The third-order valence-corrected chi connectivity index (χ3v) is 1.24. The second-order valence-electron chi connectivity index (χ2n) is 2.08. The molecule has 1 aromatic rings. The second kappa shape index (κ2) is 7.16. The van der Waals surface area contributed by atoms with Crippen LogP contribution < -0.4 is 11.3 Å². The first-order chi connectivity index (χ1) is 4.83. The minimum atomic E-state index is -0.0639. The molecule has 0 saturated carbocycles. The smallest absolute Gasteiger partial charge is 0.248 e. The minimum Gasteiger partial charge on any atom is -0.330 e. The number of halogens is 2. The number of nitrogens with one attached hydrogen (secondary N) is 1. The molecule has 1 rings (SSSR count). The fourth-order valence-electron chi connectivity index (χ4n) is 0.795. The third-order valence-electron chi connectivity index (χ3n) is 1.24. The van der Waals surface area contributed by atoms with Crippen LogP contribution >= 0.6 is 24.8 Å². The number of hydrogen-bond acceptors (Lipinski definition) is 2. The lowest BCUT2D eigenvalue weighted by molar-refractivity contribution is 0.913. The molecule has 1 heterocycles. The van der Waals surface area contributed by atoms with Gasteiger partial charge in [-0.1, -0.05) is 6.07 Å². The van der Waals surface area contributed by atoms with Crippen molar-refractivity contribution < 1.29 is 0 Å². The first-order valence-corrected chi connectivity index (χ1v) is 3.21. The maximum absolute atomic E-state index is 10.7. The maximum Gasteiger partial charge on any atom is 0.248 e. The highest BCUT2D eigenvalue weighted by molar-refractivity contribution is 5.85. The Hall–Kier alpha value is -0.510. The van der Waals surface area contributed by atoms with E-state index < -0.39 is 0 Å². The highest BCUT2D eigenvalue weighted by Gasteiger charge is 1.88. The molecule has 0 aliphatic carbocycles. The molecule has 3 nitrogen and oxygen atoms in total. The summed E-state index contributed by atoms with van der Waals surface area (Å²) < 4.78 is 0. The van der Waals surface area contributed by atoms with Crippen LogP contribution in [0.1, 0.15) is 5.69 Å². The van der Waals surface area contributed by atoms with Crippen LogP contribution in [0.15, 0.2) is 23.0 Å². The SMILES string of the molecule is Cl.Cl.NCCc1cccc(=O)[nH]1. The number of rotatable bonds is 2. The van der Waals surface area contributed by atoms with Crippen molar-refractivity contribution in [1.82, 2.24) is 4.98 Å². The van der Waals surface area contributed by atoms with E-state index in [4.69, 9.17) is 5.73 Å². The summed E-state index contributed by atoms with van der Waals surface area (Å²) in [6, 6.07) is 5.07. The summed E-state index contributed by atoms with van der Waals surface area (Å²) in [6.45, 7) is 0.569. The van der Waals surface area contributed by atoms with Crippen LogP contribution in [0.4, 0.5) is 0 Å². The van der Waals surface area contributed by atoms with Gasteiger partial charge < -0.3 is 10.7 Å². The average Bonchev–Trinajstić information content (AvgIpc) is 1.88. The summed E-state index contributed by atoms with van der Waals surface area (Å²) in [7, 11) is 0. The number of H-pyrrole nitrogens is 1. The van der Waals surface area contributed by atoms with Crippen molar-refractivity contribution in [2.75, 3.05) is 6.54 Å². The number of aromatic amines is 1. The molecular formula is C7H12Cl2N2O. The van der Waals surface area contributed by atoms with E-state index in [0.29, 0.717) is 6.54 Å². The van der Waals surface area contributed by atoms with Crippen molar-refractivity contribution in [3.63, 3.8) is 0 Å². The summed E-state index contributed by atoms with van der Waals surface area (Å²) in [5, 5.41) is 0. The van der Waals surface area contributed by atoms with Gasteiger partial charge in [0, 0.05) is 11.8 Å². The summed E-state index contributed by atoms with van der Waals surface area (Å²) >= 11 is 0. The molecule has 0 atom stereocenters. The monoisotopic (exact) mass is 210 g/mol. The van der Waals surface area contributed by atoms with Crippen molar-refractivity contribution in [3.05, 3.63) is 34.2 Å². The Morgan fingerprint density at radius 2 is 2.00 bits per heavy atom. The molecule has 0 amide bonds. The van der Waals surface area contributed by atoms with E-state index in [9.17, 15) is 4.79 Å². The summed E-state index contributed by atoms with van der Waals surface area (Å²) in [5.74, 6) is 0. The zero-order valence-corrected chi connectivity index (χ0v) is 8.08. The lowest BCUT2D eigenvalue weighted by Crippen LogP contribution is -2.10. The van der Waals surface area contributed by atoms with E-state index in [-0.39, 0.29) is 30.4 Å². The fourth-order valence-corrected chi connectivity index (χ4v) is 0.795. The fraction of sp³-hybridized carbons (Fsp3) is 0.286.